The van der Waals surface area contributed by atoms with E-state index in [4.69, 9.17) is 14.9 Å². The molecule has 3 N–H and O–H groups in total. The van der Waals surface area contributed by atoms with Gasteiger partial charge in [-0.1, -0.05) is 19.9 Å². The summed E-state index contributed by atoms with van der Waals surface area (Å²) in [5.74, 6) is 0.325. The number of amides is 1. The summed E-state index contributed by atoms with van der Waals surface area (Å²) in [5, 5.41) is 2.93. The second-order valence-corrected chi connectivity index (χ2v) is 7.17. The molecule has 1 aromatic heterocycles. The molecule has 6 nitrogen and oxygen atoms in total. The van der Waals surface area contributed by atoms with Crippen molar-refractivity contribution in [3.05, 3.63) is 36.2 Å². The third-order valence-electron chi connectivity index (χ3n) is 5.22. The Kier molecular flexibility index (Phi) is 4.43. The number of rotatable bonds is 5. The van der Waals surface area contributed by atoms with Crippen molar-refractivity contribution in [2.45, 2.75) is 45.8 Å². The van der Waals surface area contributed by atoms with Crippen molar-refractivity contribution in [2.75, 3.05) is 11.9 Å². The minimum absolute atomic E-state index is 0.00474. The zero-order valence-corrected chi connectivity index (χ0v) is 15.1. The quantitative estimate of drug-likeness (QED) is 0.870. The third-order valence-corrected chi connectivity index (χ3v) is 5.22. The lowest BCUT2D eigenvalue weighted by molar-refractivity contribution is -0.166. The number of nitrogens with zero attached hydrogens (tertiary/aromatic N) is 1. The molecule has 1 aromatic carbocycles. The molecule has 2 atom stereocenters. The number of aryl methyl sites for hydroxylation is 1. The lowest BCUT2D eigenvalue weighted by atomic mass is 9.54. The SMILES string of the molecule is CCOC1CC(N)(C(=O)Nc2cccc(-c3nc(C)co3)c2)C1(C)C. The standard InChI is InChI=1S/C19H25N3O3/c1-5-24-15-10-19(20,18(15,3)4)17(23)22-14-8-6-7-13(9-14)16-21-12(2)11-25-16/h6-9,11,15H,5,10,20H2,1-4H3,(H,22,23). The van der Waals surface area contributed by atoms with Crippen molar-refractivity contribution < 1.29 is 13.9 Å². The van der Waals surface area contributed by atoms with Gasteiger partial charge in [-0.25, -0.2) is 4.98 Å². The van der Waals surface area contributed by atoms with Crippen LogP contribution in [0.25, 0.3) is 11.5 Å². The molecular weight excluding hydrogens is 318 g/mol. The predicted octanol–water partition coefficient (Wildman–Crippen LogP) is 3.12. The van der Waals surface area contributed by atoms with Gasteiger partial charge < -0.3 is 20.2 Å². The van der Waals surface area contributed by atoms with E-state index in [0.717, 1.165) is 11.3 Å². The van der Waals surface area contributed by atoms with Gasteiger partial charge in [-0.05, 0) is 32.0 Å². The van der Waals surface area contributed by atoms with Gasteiger partial charge in [-0.2, -0.15) is 0 Å². The van der Waals surface area contributed by atoms with Crippen LogP contribution in [-0.2, 0) is 9.53 Å². The largest absolute Gasteiger partial charge is 0.444 e. The Morgan fingerprint density at radius 2 is 2.24 bits per heavy atom. The number of ether oxygens (including phenoxy) is 1. The molecule has 3 rings (SSSR count). The Bertz CT molecular complexity index is 784. The molecular formula is C19H25N3O3. The van der Waals surface area contributed by atoms with E-state index in [0.29, 0.717) is 24.6 Å². The summed E-state index contributed by atoms with van der Waals surface area (Å²) in [4.78, 5) is 17.1. The molecule has 2 aromatic rings. The molecule has 1 heterocycles. The summed E-state index contributed by atoms with van der Waals surface area (Å²) in [7, 11) is 0. The predicted molar refractivity (Wildman–Crippen MR) is 96.0 cm³/mol. The minimum Gasteiger partial charge on any atom is -0.444 e. The van der Waals surface area contributed by atoms with E-state index in [1.165, 1.54) is 0 Å². The van der Waals surface area contributed by atoms with Crippen molar-refractivity contribution in [1.29, 1.82) is 0 Å². The van der Waals surface area contributed by atoms with Crippen molar-refractivity contribution in [3.8, 4) is 11.5 Å². The van der Waals surface area contributed by atoms with Crippen molar-refractivity contribution >= 4 is 11.6 Å². The summed E-state index contributed by atoms with van der Waals surface area (Å²) in [6.07, 6.45) is 2.10. The van der Waals surface area contributed by atoms with Crippen LogP contribution in [0.4, 0.5) is 5.69 Å². The molecule has 1 saturated carbocycles. The Balaban J connectivity index is 1.76. The summed E-state index contributed by atoms with van der Waals surface area (Å²) in [6.45, 7) is 8.38. The molecule has 0 bridgehead atoms. The van der Waals surface area contributed by atoms with Gasteiger partial charge in [-0.15, -0.1) is 0 Å². The summed E-state index contributed by atoms with van der Waals surface area (Å²) >= 11 is 0. The zero-order chi connectivity index (χ0) is 18.2. The van der Waals surface area contributed by atoms with Crippen molar-refractivity contribution in [2.24, 2.45) is 11.1 Å². The molecule has 0 aliphatic heterocycles. The van der Waals surface area contributed by atoms with Gasteiger partial charge in [0.1, 0.15) is 11.8 Å². The maximum atomic E-state index is 12.8. The number of oxazole rings is 1. The molecule has 25 heavy (non-hydrogen) atoms. The van der Waals surface area contributed by atoms with E-state index in [2.05, 4.69) is 10.3 Å². The fourth-order valence-electron chi connectivity index (χ4n) is 3.28. The van der Waals surface area contributed by atoms with Crippen LogP contribution in [0.5, 0.6) is 0 Å². The first kappa shape index (κ1) is 17.6. The molecule has 134 valence electrons. The molecule has 1 aliphatic carbocycles. The van der Waals surface area contributed by atoms with Gasteiger partial charge >= 0.3 is 0 Å². The zero-order valence-electron chi connectivity index (χ0n) is 15.1. The maximum Gasteiger partial charge on any atom is 0.245 e. The van der Waals surface area contributed by atoms with Crippen LogP contribution < -0.4 is 11.1 Å². The van der Waals surface area contributed by atoms with E-state index in [1.54, 1.807) is 6.26 Å². The molecule has 1 fully saturated rings. The van der Waals surface area contributed by atoms with Crippen LogP contribution in [0.1, 0.15) is 32.9 Å². The number of aromatic nitrogens is 1. The Morgan fingerprint density at radius 1 is 1.48 bits per heavy atom. The van der Waals surface area contributed by atoms with Crippen LogP contribution in [-0.4, -0.2) is 29.1 Å². The Labute approximate surface area is 147 Å². The van der Waals surface area contributed by atoms with Crippen LogP contribution in [0.2, 0.25) is 0 Å². The number of carbonyl (C=O) groups is 1. The first-order valence-electron chi connectivity index (χ1n) is 8.52. The second kappa shape index (κ2) is 6.28. The Hall–Kier alpha value is -2.18. The molecule has 1 amide bonds. The van der Waals surface area contributed by atoms with Crippen molar-refractivity contribution in [1.82, 2.24) is 4.98 Å². The van der Waals surface area contributed by atoms with E-state index < -0.39 is 11.0 Å². The number of nitrogens with one attached hydrogen (secondary N) is 1. The minimum atomic E-state index is -0.956. The average Bonchev–Trinajstić information content (AvgIpc) is 3.01. The molecule has 0 radical (unpaired) electrons. The fourth-order valence-corrected chi connectivity index (χ4v) is 3.28. The van der Waals surface area contributed by atoms with Crippen LogP contribution >= 0.6 is 0 Å². The highest BCUT2D eigenvalue weighted by Crippen LogP contribution is 2.50. The first-order valence-corrected chi connectivity index (χ1v) is 8.52. The monoisotopic (exact) mass is 343 g/mol. The number of nitrogens with two attached hydrogens (primary N) is 1. The number of benzene rings is 1. The van der Waals surface area contributed by atoms with Crippen molar-refractivity contribution in [3.63, 3.8) is 0 Å². The number of hydrogen-bond donors (Lipinski definition) is 2. The van der Waals surface area contributed by atoms with Gasteiger partial charge in [0, 0.05) is 29.7 Å². The number of hydrogen-bond acceptors (Lipinski definition) is 5. The first-order chi connectivity index (χ1) is 11.8. The molecule has 0 saturated heterocycles. The highest BCUT2D eigenvalue weighted by molar-refractivity contribution is 6.00. The second-order valence-electron chi connectivity index (χ2n) is 7.17. The summed E-state index contributed by atoms with van der Waals surface area (Å²) < 4.78 is 11.1. The summed E-state index contributed by atoms with van der Waals surface area (Å²) in [5.41, 5.74) is 7.32. The molecule has 1 aliphatic rings. The van der Waals surface area contributed by atoms with Gasteiger partial charge in [0.2, 0.25) is 11.8 Å². The number of anilines is 1. The Morgan fingerprint density at radius 3 is 2.84 bits per heavy atom. The van der Waals surface area contributed by atoms with Gasteiger partial charge in [0.05, 0.1) is 11.8 Å². The van der Waals surface area contributed by atoms with E-state index in [-0.39, 0.29) is 12.0 Å². The van der Waals surface area contributed by atoms with Crippen LogP contribution in [0, 0.1) is 12.3 Å². The van der Waals surface area contributed by atoms with Gasteiger partial charge in [-0.3, -0.25) is 4.79 Å². The summed E-state index contributed by atoms with van der Waals surface area (Å²) in [6, 6.07) is 7.39. The molecule has 6 heteroatoms. The highest BCUT2D eigenvalue weighted by atomic mass is 16.5. The number of carbonyl (C=O) groups excluding carboxylic acids is 1. The molecule has 2 unspecified atom stereocenters. The van der Waals surface area contributed by atoms with Crippen LogP contribution in [0.15, 0.2) is 34.9 Å². The smallest absolute Gasteiger partial charge is 0.245 e. The average molecular weight is 343 g/mol. The molecule has 0 spiro atoms. The van der Waals surface area contributed by atoms with E-state index in [9.17, 15) is 4.79 Å². The fraction of sp³-hybridized carbons (Fsp3) is 0.474. The van der Waals surface area contributed by atoms with E-state index >= 15 is 0 Å². The lowest BCUT2D eigenvalue weighted by Crippen LogP contribution is -2.74. The topological polar surface area (TPSA) is 90.4 Å². The normalized spacial score (nSPS) is 24.6. The van der Waals surface area contributed by atoms with E-state index in [1.807, 2.05) is 52.0 Å². The maximum absolute atomic E-state index is 12.8. The lowest BCUT2D eigenvalue weighted by Gasteiger charge is -2.57. The van der Waals surface area contributed by atoms with Gasteiger partial charge in [0.15, 0.2) is 0 Å². The highest BCUT2D eigenvalue weighted by Gasteiger charge is 2.62. The van der Waals surface area contributed by atoms with Gasteiger partial charge in [0.25, 0.3) is 0 Å². The third kappa shape index (κ3) is 2.96. The van der Waals surface area contributed by atoms with Crippen LogP contribution in [0.3, 0.4) is 0 Å².